The van der Waals surface area contributed by atoms with Crippen molar-refractivity contribution in [2.24, 2.45) is 0 Å². The number of nitrogens with zero attached hydrogens (tertiary/aromatic N) is 2. The second kappa shape index (κ2) is 7.68. The van der Waals surface area contributed by atoms with Gasteiger partial charge >= 0.3 is 0 Å². The lowest BCUT2D eigenvalue weighted by atomic mass is 10.1. The van der Waals surface area contributed by atoms with E-state index in [1.54, 1.807) is 48.4 Å². The van der Waals surface area contributed by atoms with Gasteiger partial charge in [-0.05, 0) is 61.2 Å². The predicted molar refractivity (Wildman–Crippen MR) is 109 cm³/mol. The molecule has 2 heterocycles. The van der Waals surface area contributed by atoms with Crippen LogP contribution < -0.4 is 14.4 Å². The zero-order valence-electron chi connectivity index (χ0n) is 16.6. The Morgan fingerprint density at radius 3 is 2.34 bits per heavy atom. The molecule has 0 N–H and O–H groups in total. The van der Waals surface area contributed by atoms with Gasteiger partial charge in [-0.1, -0.05) is 0 Å². The third-order valence-electron chi connectivity index (χ3n) is 5.52. The van der Waals surface area contributed by atoms with Crippen molar-refractivity contribution in [1.29, 1.82) is 0 Å². The Morgan fingerprint density at radius 1 is 0.931 bits per heavy atom. The van der Waals surface area contributed by atoms with E-state index in [9.17, 15) is 13.2 Å². The fourth-order valence-corrected chi connectivity index (χ4v) is 5.52. The molecule has 0 spiro atoms. The number of ether oxygens (including phenoxy) is 2. The Kier molecular flexibility index (Phi) is 5.23. The number of anilines is 1. The van der Waals surface area contributed by atoms with Crippen LogP contribution in [0.1, 0.15) is 28.8 Å². The molecule has 0 unspecified atom stereocenters. The lowest BCUT2D eigenvalue weighted by molar-refractivity contribution is 0.0989. The second-order valence-electron chi connectivity index (χ2n) is 7.18. The minimum absolute atomic E-state index is 0.153. The highest BCUT2D eigenvalue weighted by Gasteiger charge is 2.31. The molecule has 0 bridgehead atoms. The maximum absolute atomic E-state index is 13.1. The van der Waals surface area contributed by atoms with Crippen LogP contribution in [0, 0.1) is 0 Å². The van der Waals surface area contributed by atoms with Crippen LogP contribution in [0.15, 0.2) is 41.3 Å². The average molecular weight is 416 g/mol. The molecule has 2 aromatic carbocycles. The number of rotatable bonds is 5. The summed E-state index contributed by atoms with van der Waals surface area (Å²) in [6.45, 7) is 1.66. The van der Waals surface area contributed by atoms with Gasteiger partial charge in [0.15, 0.2) is 11.5 Å². The smallest absolute Gasteiger partial charge is 0.258 e. The molecule has 0 radical (unpaired) electrons. The van der Waals surface area contributed by atoms with Crippen molar-refractivity contribution in [2.75, 3.05) is 38.8 Å². The lowest BCUT2D eigenvalue weighted by Gasteiger charge is -2.19. The fourth-order valence-electron chi connectivity index (χ4n) is 3.95. The van der Waals surface area contributed by atoms with E-state index in [1.165, 1.54) is 11.4 Å². The summed E-state index contributed by atoms with van der Waals surface area (Å²) in [5, 5.41) is 0. The summed E-state index contributed by atoms with van der Waals surface area (Å²) in [7, 11) is -0.395. The summed E-state index contributed by atoms with van der Waals surface area (Å²) in [4.78, 5) is 15.1. The maximum Gasteiger partial charge on any atom is 0.258 e. The molecular weight excluding hydrogens is 392 g/mol. The van der Waals surface area contributed by atoms with E-state index in [4.69, 9.17) is 9.47 Å². The molecule has 2 aliphatic rings. The Morgan fingerprint density at radius 2 is 1.66 bits per heavy atom. The van der Waals surface area contributed by atoms with Gasteiger partial charge in [0.1, 0.15) is 0 Å². The molecule has 0 aliphatic carbocycles. The Hall–Kier alpha value is -2.58. The maximum atomic E-state index is 13.1. The third kappa shape index (κ3) is 3.47. The number of fused-ring (bicyclic) bond motifs is 1. The summed E-state index contributed by atoms with van der Waals surface area (Å²) < 4.78 is 37.7. The number of carbonyl (C=O) groups is 1. The van der Waals surface area contributed by atoms with Gasteiger partial charge in [-0.15, -0.1) is 0 Å². The molecule has 1 fully saturated rings. The van der Waals surface area contributed by atoms with Crippen molar-refractivity contribution in [3.05, 3.63) is 47.5 Å². The van der Waals surface area contributed by atoms with Gasteiger partial charge in [-0.3, -0.25) is 4.79 Å². The standard InChI is InChI=1S/C21H24N2O5S/c1-27-19-8-5-16(14-20(19)28-2)21(24)23-12-9-15-13-17(6-7-18(15)23)29(25,26)22-10-3-4-11-22/h5-8,13-14H,3-4,9-12H2,1-2H3. The molecule has 2 aliphatic heterocycles. The highest BCUT2D eigenvalue weighted by atomic mass is 32.2. The van der Waals surface area contributed by atoms with Crippen molar-refractivity contribution in [3.63, 3.8) is 0 Å². The zero-order chi connectivity index (χ0) is 20.6. The molecule has 154 valence electrons. The van der Waals surface area contributed by atoms with Gasteiger partial charge in [0.2, 0.25) is 10.0 Å². The van der Waals surface area contributed by atoms with E-state index in [1.807, 2.05) is 0 Å². The highest BCUT2D eigenvalue weighted by molar-refractivity contribution is 7.89. The van der Waals surface area contributed by atoms with Gasteiger partial charge in [0.05, 0.1) is 19.1 Å². The van der Waals surface area contributed by atoms with Crippen LogP contribution in [0.4, 0.5) is 5.69 Å². The topological polar surface area (TPSA) is 76.2 Å². The van der Waals surface area contributed by atoms with Crippen LogP contribution in [-0.4, -0.2) is 52.5 Å². The first kappa shape index (κ1) is 19.7. The van der Waals surface area contributed by atoms with Crippen LogP contribution in [0.25, 0.3) is 0 Å². The van der Waals surface area contributed by atoms with E-state index in [2.05, 4.69) is 0 Å². The zero-order valence-corrected chi connectivity index (χ0v) is 17.4. The van der Waals surface area contributed by atoms with Crippen LogP contribution in [0.3, 0.4) is 0 Å². The third-order valence-corrected chi connectivity index (χ3v) is 7.42. The van der Waals surface area contributed by atoms with Crippen LogP contribution in [0.5, 0.6) is 11.5 Å². The van der Waals surface area contributed by atoms with Crippen molar-refractivity contribution in [3.8, 4) is 11.5 Å². The Balaban J connectivity index is 1.61. The van der Waals surface area contributed by atoms with E-state index in [0.29, 0.717) is 48.0 Å². The van der Waals surface area contributed by atoms with Gasteiger partial charge in [0.25, 0.3) is 5.91 Å². The second-order valence-corrected chi connectivity index (χ2v) is 9.12. The Labute approximate surface area is 170 Å². The minimum Gasteiger partial charge on any atom is -0.493 e. The largest absolute Gasteiger partial charge is 0.493 e. The average Bonchev–Trinajstić information content (AvgIpc) is 3.42. The van der Waals surface area contributed by atoms with Crippen LogP contribution in [-0.2, 0) is 16.4 Å². The molecule has 8 heteroatoms. The number of amides is 1. The highest BCUT2D eigenvalue weighted by Crippen LogP contribution is 2.34. The first-order chi connectivity index (χ1) is 14.0. The number of sulfonamides is 1. The first-order valence-electron chi connectivity index (χ1n) is 9.62. The molecular formula is C21H24N2O5S. The number of benzene rings is 2. The Bertz CT molecular complexity index is 1050. The SMILES string of the molecule is COc1ccc(C(=O)N2CCc3cc(S(=O)(=O)N4CCCC4)ccc32)cc1OC. The molecule has 29 heavy (non-hydrogen) atoms. The summed E-state index contributed by atoms with van der Waals surface area (Å²) >= 11 is 0. The number of hydrogen-bond donors (Lipinski definition) is 0. The first-order valence-corrected chi connectivity index (χ1v) is 11.1. The van der Waals surface area contributed by atoms with Gasteiger partial charge in [-0.2, -0.15) is 4.31 Å². The minimum atomic E-state index is -3.47. The monoisotopic (exact) mass is 416 g/mol. The van der Waals surface area contributed by atoms with Crippen LogP contribution in [0.2, 0.25) is 0 Å². The van der Waals surface area contributed by atoms with Gasteiger partial charge < -0.3 is 14.4 Å². The molecule has 0 saturated carbocycles. The van der Waals surface area contributed by atoms with Gasteiger partial charge in [-0.25, -0.2) is 8.42 Å². The van der Waals surface area contributed by atoms with E-state index >= 15 is 0 Å². The molecule has 4 rings (SSSR count). The molecule has 2 aromatic rings. The van der Waals surface area contributed by atoms with Crippen molar-refractivity contribution in [1.82, 2.24) is 4.31 Å². The molecule has 0 aromatic heterocycles. The van der Waals surface area contributed by atoms with Crippen molar-refractivity contribution in [2.45, 2.75) is 24.2 Å². The predicted octanol–water partition coefficient (Wildman–Crippen LogP) is 2.69. The lowest BCUT2D eigenvalue weighted by Crippen LogP contribution is -2.29. The van der Waals surface area contributed by atoms with Crippen molar-refractivity contribution < 1.29 is 22.7 Å². The van der Waals surface area contributed by atoms with Crippen molar-refractivity contribution >= 4 is 21.6 Å². The quantitative estimate of drug-likeness (QED) is 0.749. The summed E-state index contributed by atoms with van der Waals surface area (Å²) in [6.07, 6.45) is 2.42. The summed E-state index contributed by atoms with van der Waals surface area (Å²) in [6, 6.07) is 10.1. The molecule has 1 saturated heterocycles. The molecule has 1 amide bonds. The molecule has 0 atom stereocenters. The normalized spacial score (nSPS) is 16.7. The number of hydrogen-bond acceptors (Lipinski definition) is 5. The molecule has 7 nitrogen and oxygen atoms in total. The summed E-state index contributed by atoms with van der Waals surface area (Å²) in [5.41, 5.74) is 2.12. The number of carbonyl (C=O) groups excluding carboxylic acids is 1. The van der Waals surface area contributed by atoms with E-state index < -0.39 is 10.0 Å². The van der Waals surface area contributed by atoms with E-state index in [-0.39, 0.29) is 5.91 Å². The van der Waals surface area contributed by atoms with Gasteiger partial charge in [0, 0.05) is 30.9 Å². The summed E-state index contributed by atoms with van der Waals surface area (Å²) in [5.74, 6) is 0.896. The fraction of sp³-hybridized carbons (Fsp3) is 0.381. The van der Waals surface area contributed by atoms with E-state index in [0.717, 1.165) is 24.1 Å². The number of methoxy groups -OCH3 is 2. The van der Waals surface area contributed by atoms with Crippen LogP contribution >= 0.6 is 0 Å².